The molecule has 0 saturated carbocycles. The summed E-state index contributed by atoms with van der Waals surface area (Å²) in [5, 5.41) is 3.44. The molecule has 0 aromatic heterocycles. The van der Waals surface area contributed by atoms with Crippen molar-refractivity contribution >= 4 is 28.3 Å². The van der Waals surface area contributed by atoms with Crippen LogP contribution in [0.4, 0.5) is 4.39 Å². The maximum atomic E-state index is 13.3. The summed E-state index contributed by atoms with van der Waals surface area (Å²) in [5.41, 5.74) is 1.58. The van der Waals surface area contributed by atoms with Crippen molar-refractivity contribution in [2.45, 2.75) is 25.8 Å². The van der Waals surface area contributed by atoms with E-state index in [1.165, 1.54) is 25.3 Å². The lowest BCUT2D eigenvalue weighted by Crippen LogP contribution is -2.38. The van der Waals surface area contributed by atoms with Crippen LogP contribution >= 0.6 is 28.3 Å². The highest BCUT2D eigenvalue weighted by Crippen LogP contribution is 2.39. The van der Waals surface area contributed by atoms with Crippen LogP contribution in [0.15, 0.2) is 22.7 Å². The Morgan fingerprint density at radius 3 is 2.75 bits per heavy atom. The van der Waals surface area contributed by atoms with Gasteiger partial charge in [-0.2, -0.15) is 0 Å². The second kappa shape index (κ2) is 6.73. The van der Waals surface area contributed by atoms with Gasteiger partial charge in [-0.1, -0.05) is 15.9 Å². The van der Waals surface area contributed by atoms with Crippen molar-refractivity contribution in [3.8, 4) is 0 Å². The van der Waals surface area contributed by atoms with E-state index in [9.17, 15) is 4.39 Å². The van der Waals surface area contributed by atoms with Crippen LogP contribution in [0.2, 0.25) is 0 Å². The molecule has 2 fully saturated rings. The van der Waals surface area contributed by atoms with Gasteiger partial charge in [-0.3, -0.25) is 4.90 Å². The van der Waals surface area contributed by atoms with Crippen molar-refractivity contribution < 1.29 is 4.39 Å². The highest BCUT2D eigenvalue weighted by molar-refractivity contribution is 9.10. The molecule has 1 aromatic rings. The largest absolute Gasteiger partial charge is 0.317 e. The van der Waals surface area contributed by atoms with E-state index >= 15 is 0 Å². The average molecular weight is 364 g/mol. The van der Waals surface area contributed by atoms with Crippen molar-refractivity contribution in [1.29, 1.82) is 0 Å². The fraction of sp³-hybridized carbons (Fsp3) is 0.600. The highest BCUT2D eigenvalue weighted by Gasteiger charge is 2.38. The molecule has 0 atom stereocenters. The van der Waals surface area contributed by atoms with E-state index in [2.05, 4.69) is 26.1 Å². The minimum Gasteiger partial charge on any atom is -0.317 e. The van der Waals surface area contributed by atoms with Crippen molar-refractivity contribution in [1.82, 2.24) is 10.2 Å². The summed E-state index contributed by atoms with van der Waals surface area (Å²) in [7, 11) is 0. The van der Waals surface area contributed by atoms with Gasteiger partial charge in [-0.15, -0.1) is 12.4 Å². The Hall–Kier alpha value is -0.160. The lowest BCUT2D eigenvalue weighted by Gasteiger charge is -2.34. The summed E-state index contributed by atoms with van der Waals surface area (Å²) in [4.78, 5) is 2.48. The van der Waals surface area contributed by atoms with E-state index in [-0.39, 0.29) is 18.2 Å². The summed E-state index contributed by atoms with van der Waals surface area (Å²) in [6.45, 7) is 5.46. The fourth-order valence-electron chi connectivity index (χ4n) is 3.43. The van der Waals surface area contributed by atoms with Crippen LogP contribution in [0.1, 0.15) is 24.8 Å². The lowest BCUT2D eigenvalue weighted by atomic mass is 9.78. The van der Waals surface area contributed by atoms with Crippen LogP contribution in [0, 0.1) is 11.2 Å². The fourth-order valence-corrected chi connectivity index (χ4v) is 3.81. The van der Waals surface area contributed by atoms with Gasteiger partial charge in [-0.25, -0.2) is 4.39 Å². The Bertz CT molecular complexity index is 463. The zero-order valence-corrected chi connectivity index (χ0v) is 13.9. The van der Waals surface area contributed by atoms with Gasteiger partial charge in [0.2, 0.25) is 0 Å². The molecule has 5 heteroatoms. The molecule has 2 saturated heterocycles. The Balaban J connectivity index is 0.00000147. The molecular formula is C15H21BrClFN2. The van der Waals surface area contributed by atoms with Crippen molar-refractivity contribution in [3.63, 3.8) is 0 Å². The van der Waals surface area contributed by atoms with Gasteiger partial charge in [0.05, 0.1) is 0 Å². The van der Waals surface area contributed by atoms with Crippen LogP contribution < -0.4 is 5.32 Å². The Morgan fingerprint density at radius 2 is 2.00 bits per heavy atom. The first-order chi connectivity index (χ1) is 9.17. The zero-order valence-electron chi connectivity index (χ0n) is 11.5. The molecule has 0 unspecified atom stereocenters. The van der Waals surface area contributed by atoms with E-state index in [0.717, 1.165) is 42.8 Å². The van der Waals surface area contributed by atoms with Gasteiger partial charge < -0.3 is 5.32 Å². The van der Waals surface area contributed by atoms with E-state index in [4.69, 9.17) is 0 Å². The van der Waals surface area contributed by atoms with Gasteiger partial charge in [-0.05, 0) is 68.1 Å². The molecule has 20 heavy (non-hydrogen) atoms. The third-order valence-electron chi connectivity index (χ3n) is 4.58. The molecule has 0 bridgehead atoms. The minimum atomic E-state index is -0.144. The molecule has 112 valence electrons. The molecule has 3 rings (SSSR count). The smallest absolute Gasteiger partial charge is 0.123 e. The third-order valence-corrected chi connectivity index (χ3v) is 5.36. The maximum absolute atomic E-state index is 13.3. The van der Waals surface area contributed by atoms with E-state index in [1.54, 1.807) is 12.1 Å². The van der Waals surface area contributed by atoms with E-state index in [1.807, 2.05) is 0 Å². The first-order valence-electron chi connectivity index (χ1n) is 7.04. The highest BCUT2D eigenvalue weighted by atomic mass is 79.9. The molecule has 1 spiro atoms. The van der Waals surface area contributed by atoms with Crippen molar-refractivity contribution in [2.75, 3.05) is 26.2 Å². The monoisotopic (exact) mass is 362 g/mol. The molecule has 0 radical (unpaired) electrons. The predicted molar refractivity (Wildman–Crippen MR) is 85.8 cm³/mol. The van der Waals surface area contributed by atoms with Gasteiger partial charge in [0.1, 0.15) is 5.82 Å². The molecule has 2 aliphatic rings. The number of hydrogen-bond donors (Lipinski definition) is 1. The first kappa shape index (κ1) is 16.2. The van der Waals surface area contributed by atoms with Gasteiger partial charge in [0, 0.05) is 17.6 Å². The molecule has 0 amide bonds. The Labute approximate surface area is 134 Å². The van der Waals surface area contributed by atoms with Gasteiger partial charge >= 0.3 is 0 Å². The SMILES string of the molecule is Cl.Fc1ccc(Br)c(CN2CCC3(CCNCC3)C2)c1. The number of benzene rings is 1. The van der Waals surface area contributed by atoms with Crippen molar-refractivity contribution in [3.05, 3.63) is 34.1 Å². The normalized spacial score (nSPS) is 21.9. The van der Waals surface area contributed by atoms with Crippen LogP contribution in [0.3, 0.4) is 0 Å². The van der Waals surface area contributed by atoms with Gasteiger partial charge in [0.15, 0.2) is 0 Å². The van der Waals surface area contributed by atoms with E-state index in [0.29, 0.717) is 5.41 Å². The number of nitrogens with one attached hydrogen (secondary N) is 1. The summed E-state index contributed by atoms with van der Waals surface area (Å²) >= 11 is 3.52. The van der Waals surface area contributed by atoms with Gasteiger partial charge in [0.25, 0.3) is 0 Å². The summed E-state index contributed by atoms with van der Waals surface area (Å²) < 4.78 is 14.3. The molecule has 0 aliphatic carbocycles. The number of likely N-dealkylation sites (tertiary alicyclic amines) is 1. The maximum Gasteiger partial charge on any atom is 0.123 e. The van der Waals surface area contributed by atoms with Crippen LogP contribution in [0.5, 0.6) is 0 Å². The quantitative estimate of drug-likeness (QED) is 0.864. The lowest BCUT2D eigenvalue weighted by molar-refractivity contribution is 0.194. The average Bonchev–Trinajstić information content (AvgIpc) is 2.78. The Morgan fingerprint density at radius 1 is 1.25 bits per heavy atom. The second-order valence-corrected chi connectivity index (χ2v) is 6.80. The molecule has 2 heterocycles. The van der Waals surface area contributed by atoms with Crippen LogP contribution in [-0.4, -0.2) is 31.1 Å². The number of nitrogens with zero attached hydrogens (tertiary/aromatic N) is 1. The van der Waals surface area contributed by atoms with E-state index < -0.39 is 0 Å². The molecular weight excluding hydrogens is 343 g/mol. The van der Waals surface area contributed by atoms with Crippen molar-refractivity contribution in [2.24, 2.45) is 5.41 Å². The second-order valence-electron chi connectivity index (χ2n) is 5.95. The summed E-state index contributed by atoms with van der Waals surface area (Å²) in [5.74, 6) is -0.144. The summed E-state index contributed by atoms with van der Waals surface area (Å²) in [6, 6.07) is 4.96. The first-order valence-corrected chi connectivity index (χ1v) is 7.83. The zero-order chi connectivity index (χ0) is 13.3. The third kappa shape index (κ3) is 3.53. The molecule has 2 nitrogen and oxygen atoms in total. The predicted octanol–water partition coefficient (Wildman–Crippen LogP) is 3.59. The minimum absolute atomic E-state index is 0. The number of halogens is 3. The number of rotatable bonds is 2. The standard InChI is InChI=1S/C15H20BrFN2.ClH/c16-14-2-1-13(17)9-12(14)10-19-8-5-15(11-19)3-6-18-7-4-15;/h1-2,9,18H,3-8,10-11H2;1H. The van der Waals surface area contributed by atoms with Crippen LogP contribution in [0.25, 0.3) is 0 Å². The molecule has 1 aromatic carbocycles. The topological polar surface area (TPSA) is 15.3 Å². The van der Waals surface area contributed by atoms with Crippen LogP contribution in [-0.2, 0) is 6.54 Å². The Kier molecular flexibility index (Phi) is 5.46. The number of piperidine rings is 1. The molecule has 1 N–H and O–H groups in total. The number of hydrogen-bond acceptors (Lipinski definition) is 2. The molecule has 2 aliphatic heterocycles. The summed E-state index contributed by atoms with van der Waals surface area (Å²) in [6.07, 6.45) is 3.86.